The first-order chi connectivity index (χ1) is 7.24. The third-order valence-corrected chi connectivity index (χ3v) is 2.48. The van der Waals surface area contributed by atoms with E-state index in [1.165, 1.54) is 0 Å². The number of benzene rings is 1. The molecule has 1 atom stereocenters. The van der Waals surface area contributed by atoms with Crippen molar-refractivity contribution >= 4 is 63.0 Å². The molecule has 1 amide bonds. The summed E-state index contributed by atoms with van der Waals surface area (Å²) in [7, 11) is 0. The molecule has 0 aliphatic carbocycles. The molecule has 0 aromatic heterocycles. The van der Waals surface area contributed by atoms with Gasteiger partial charge in [0.05, 0.1) is 0 Å². The minimum absolute atomic E-state index is 0. The zero-order valence-electron chi connectivity index (χ0n) is 9.49. The minimum atomic E-state index is 0. The van der Waals surface area contributed by atoms with Crippen LogP contribution in [-0.4, -0.2) is 57.3 Å². The second-order valence-corrected chi connectivity index (χ2v) is 3.90. The normalized spacial score (nSPS) is 11.4. The van der Waals surface area contributed by atoms with Gasteiger partial charge < -0.3 is 5.32 Å². The Morgan fingerprint density at radius 3 is 2.50 bits per heavy atom. The Bertz CT molecular complexity index is 300. The first-order valence-corrected chi connectivity index (χ1v) is 5.60. The summed E-state index contributed by atoms with van der Waals surface area (Å²) in [5.74, 6) is 0.222. The maximum atomic E-state index is 11.7. The molecule has 3 heteroatoms. The Kier molecular flexibility index (Phi) is 9.56. The van der Waals surface area contributed by atoms with Crippen molar-refractivity contribution in [2.24, 2.45) is 5.92 Å². The fraction of sp³-hybridized carbons (Fsp3) is 0.462. The van der Waals surface area contributed by atoms with E-state index < -0.39 is 0 Å². The molecule has 16 heavy (non-hydrogen) atoms. The summed E-state index contributed by atoms with van der Waals surface area (Å²) in [6.07, 6.45) is 3.22. The van der Waals surface area contributed by atoms with Crippen LogP contribution in [0.4, 0.5) is 5.69 Å². The van der Waals surface area contributed by atoms with Crippen LogP contribution in [0.25, 0.3) is 0 Å². The van der Waals surface area contributed by atoms with Gasteiger partial charge in [0.15, 0.2) is 0 Å². The first-order valence-electron chi connectivity index (χ1n) is 5.60. The molecule has 0 radical (unpaired) electrons. The van der Waals surface area contributed by atoms with Crippen LogP contribution in [0.2, 0.25) is 0 Å². The molecule has 1 aromatic carbocycles. The number of para-hydroxylation sites is 1. The summed E-state index contributed by atoms with van der Waals surface area (Å²) in [6, 6.07) is 9.60. The molecule has 0 saturated heterocycles. The third-order valence-electron chi connectivity index (χ3n) is 2.48. The number of rotatable bonds is 5. The number of hydrogen-bond acceptors (Lipinski definition) is 1. The van der Waals surface area contributed by atoms with Crippen molar-refractivity contribution in [2.75, 3.05) is 5.32 Å². The number of carbonyl (C=O) groups is 1. The number of carbonyl (C=O) groups excluding carboxylic acids is 1. The molecule has 2 nitrogen and oxygen atoms in total. The van der Waals surface area contributed by atoms with E-state index in [1.54, 1.807) is 0 Å². The van der Waals surface area contributed by atoms with Gasteiger partial charge >= 0.3 is 51.4 Å². The summed E-state index contributed by atoms with van der Waals surface area (Å²) >= 11 is 0. The van der Waals surface area contributed by atoms with Crippen molar-refractivity contribution < 1.29 is 4.79 Å². The van der Waals surface area contributed by atoms with Gasteiger partial charge in [0, 0.05) is 11.6 Å². The van der Waals surface area contributed by atoms with Gasteiger partial charge in [-0.2, -0.15) is 0 Å². The number of nitrogens with one attached hydrogen (secondary N) is 1. The summed E-state index contributed by atoms with van der Waals surface area (Å²) in [5, 5.41) is 2.91. The van der Waals surface area contributed by atoms with Gasteiger partial charge in [-0.3, -0.25) is 4.79 Å². The van der Waals surface area contributed by atoms with Crippen molar-refractivity contribution in [2.45, 2.75) is 33.1 Å². The van der Waals surface area contributed by atoms with Gasteiger partial charge in [-0.1, -0.05) is 44.9 Å². The molecule has 0 aliphatic heterocycles. The average molecular weight is 245 g/mol. The number of anilines is 1. The van der Waals surface area contributed by atoms with E-state index in [0.717, 1.165) is 24.9 Å². The van der Waals surface area contributed by atoms with E-state index in [2.05, 4.69) is 12.2 Å². The van der Waals surface area contributed by atoms with Crippen LogP contribution in [0.5, 0.6) is 0 Å². The second kappa shape index (κ2) is 9.37. The average Bonchev–Trinajstić information content (AvgIpc) is 2.27. The van der Waals surface area contributed by atoms with Crippen LogP contribution < -0.4 is 5.32 Å². The third kappa shape index (κ3) is 6.16. The molecule has 84 valence electrons. The van der Waals surface area contributed by atoms with Gasteiger partial charge in [0.2, 0.25) is 5.91 Å². The van der Waals surface area contributed by atoms with Gasteiger partial charge in [0.25, 0.3) is 0 Å². The van der Waals surface area contributed by atoms with E-state index in [4.69, 9.17) is 0 Å². The second-order valence-electron chi connectivity index (χ2n) is 3.90. The van der Waals surface area contributed by atoms with Crippen LogP contribution in [0.1, 0.15) is 33.1 Å². The summed E-state index contributed by atoms with van der Waals surface area (Å²) in [6.45, 7) is 4.12. The summed E-state index contributed by atoms with van der Waals surface area (Å²) in [4.78, 5) is 11.7. The zero-order chi connectivity index (χ0) is 11.1. The predicted octanol–water partition coefficient (Wildman–Crippen LogP) is 2.80. The molecule has 0 aliphatic rings. The molecule has 0 spiro atoms. The molecular weight excluding hydrogens is 225 g/mol. The molecule has 1 rings (SSSR count). The Labute approximate surface area is 141 Å². The van der Waals surface area contributed by atoms with Crippen LogP contribution in [0.3, 0.4) is 0 Å². The summed E-state index contributed by atoms with van der Waals surface area (Å²) in [5.41, 5.74) is 0.880. The van der Waals surface area contributed by atoms with Crippen molar-refractivity contribution in [1.82, 2.24) is 0 Å². The van der Waals surface area contributed by atoms with Gasteiger partial charge in [-0.25, -0.2) is 0 Å². The van der Waals surface area contributed by atoms with Crippen molar-refractivity contribution in [3.8, 4) is 0 Å². The molecule has 0 saturated carbocycles. The van der Waals surface area contributed by atoms with Crippen LogP contribution >= 0.6 is 0 Å². The fourth-order valence-corrected chi connectivity index (χ4v) is 1.43. The van der Waals surface area contributed by atoms with E-state index in [1.807, 2.05) is 37.3 Å². The molecule has 0 bridgehead atoms. The molecule has 0 heterocycles. The maximum absolute atomic E-state index is 11.7. The van der Waals surface area contributed by atoms with Crippen molar-refractivity contribution in [1.29, 1.82) is 0 Å². The summed E-state index contributed by atoms with van der Waals surface area (Å²) < 4.78 is 0. The van der Waals surface area contributed by atoms with E-state index in [-0.39, 0.29) is 63.2 Å². The molecule has 1 aromatic rings. The molecule has 1 N–H and O–H groups in total. The number of amides is 1. The molecule has 1 unspecified atom stereocenters. The predicted molar refractivity (Wildman–Crippen MR) is 70.9 cm³/mol. The SMILES string of the molecule is CCCCC(C)C(=O)Nc1ccccc1.[KH]. The van der Waals surface area contributed by atoms with E-state index >= 15 is 0 Å². The monoisotopic (exact) mass is 245 g/mol. The Hall–Kier alpha value is 0.326. The molecular formula is C13H20KNO. The zero-order valence-corrected chi connectivity index (χ0v) is 9.49. The fourth-order valence-electron chi connectivity index (χ4n) is 1.43. The van der Waals surface area contributed by atoms with Crippen molar-refractivity contribution in [3.05, 3.63) is 30.3 Å². The van der Waals surface area contributed by atoms with Crippen LogP contribution in [-0.2, 0) is 4.79 Å². The van der Waals surface area contributed by atoms with Crippen LogP contribution in [0.15, 0.2) is 30.3 Å². The number of hydrogen-bond donors (Lipinski definition) is 1. The standard InChI is InChI=1S/C13H19NO.K.H/c1-3-4-8-11(2)13(15)14-12-9-6-5-7-10-12;;/h5-7,9-11H,3-4,8H2,1-2H3,(H,14,15);;. The first kappa shape index (κ1) is 16.3. The van der Waals surface area contributed by atoms with E-state index in [0.29, 0.717) is 0 Å². The van der Waals surface area contributed by atoms with Crippen LogP contribution in [0, 0.1) is 5.92 Å². The molecule has 0 fully saturated rings. The van der Waals surface area contributed by atoms with Gasteiger partial charge in [-0.05, 0) is 18.6 Å². The topological polar surface area (TPSA) is 29.1 Å². The Balaban J connectivity index is 0.00000225. The van der Waals surface area contributed by atoms with Crippen molar-refractivity contribution in [3.63, 3.8) is 0 Å². The number of unbranched alkanes of at least 4 members (excludes halogenated alkanes) is 1. The quantitative estimate of drug-likeness (QED) is 0.794. The Morgan fingerprint density at radius 2 is 1.94 bits per heavy atom. The van der Waals surface area contributed by atoms with E-state index in [9.17, 15) is 4.79 Å². The van der Waals surface area contributed by atoms with Gasteiger partial charge in [-0.15, -0.1) is 0 Å². The van der Waals surface area contributed by atoms with Gasteiger partial charge in [0.1, 0.15) is 0 Å². The Morgan fingerprint density at radius 1 is 1.31 bits per heavy atom.